The number of rotatable bonds is 3. The summed E-state index contributed by atoms with van der Waals surface area (Å²) in [7, 11) is 0. The summed E-state index contributed by atoms with van der Waals surface area (Å²) in [5, 5.41) is 2.53. The second-order valence-electron chi connectivity index (χ2n) is 12.1. The van der Waals surface area contributed by atoms with E-state index in [1.54, 1.807) is 0 Å². The van der Waals surface area contributed by atoms with E-state index in [0.29, 0.717) is 0 Å². The minimum Gasteiger partial charge on any atom is -0.457 e. The van der Waals surface area contributed by atoms with Crippen LogP contribution in [0, 0.1) is 0 Å². The molecule has 3 heteroatoms. The lowest BCUT2D eigenvalue weighted by Gasteiger charge is -2.45. The molecule has 2 aliphatic heterocycles. The summed E-state index contributed by atoms with van der Waals surface area (Å²) in [5.74, 6) is 1.75. The Bertz CT molecular complexity index is 2420. The Hall–Kier alpha value is -6.06. The van der Waals surface area contributed by atoms with Crippen LogP contribution in [0.2, 0.25) is 0 Å². The van der Waals surface area contributed by atoms with Gasteiger partial charge in [-0.2, -0.15) is 0 Å². The fourth-order valence-electron chi connectivity index (χ4n) is 8.06. The molecule has 1 spiro atoms. The Morgan fingerprint density at radius 1 is 0.435 bits per heavy atom. The van der Waals surface area contributed by atoms with Gasteiger partial charge in [-0.15, -0.1) is 0 Å². The van der Waals surface area contributed by atoms with Gasteiger partial charge in [0.1, 0.15) is 11.5 Å². The van der Waals surface area contributed by atoms with Crippen LogP contribution in [0.4, 0.5) is 17.1 Å². The maximum atomic E-state index is 6.89. The van der Waals surface area contributed by atoms with Gasteiger partial charge in [0.2, 0.25) is 0 Å². The van der Waals surface area contributed by atoms with E-state index in [1.165, 1.54) is 38.6 Å². The third-order valence-electron chi connectivity index (χ3n) is 9.81. The molecule has 0 fully saturated rings. The first-order chi connectivity index (χ1) is 22.8. The summed E-state index contributed by atoms with van der Waals surface area (Å²) in [6.07, 6.45) is 0. The molecule has 1 aromatic heterocycles. The summed E-state index contributed by atoms with van der Waals surface area (Å²) in [5.41, 5.74) is 11.2. The lowest BCUT2D eigenvalue weighted by atomic mass is 9.62. The molecule has 2 aliphatic rings. The number of fused-ring (bicyclic) bond motifs is 11. The molecule has 1 atom stereocenters. The largest absolute Gasteiger partial charge is 0.457 e. The highest BCUT2D eigenvalue weighted by Crippen LogP contribution is 2.60. The molecule has 1 unspecified atom stereocenters. The lowest BCUT2D eigenvalue weighted by Crippen LogP contribution is -2.37. The van der Waals surface area contributed by atoms with Crippen molar-refractivity contribution in [1.82, 2.24) is 4.57 Å². The topological polar surface area (TPSA) is 17.4 Å². The van der Waals surface area contributed by atoms with Crippen molar-refractivity contribution in [2.24, 2.45) is 0 Å². The number of ether oxygens (including phenoxy) is 1. The Morgan fingerprint density at radius 2 is 1.04 bits per heavy atom. The van der Waals surface area contributed by atoms with Crippen LogP contribution in [0.1, 0.15) is 22.3 Å². The summed E-state index contributed by atoms with van der Waals surface area (Å²) < 4.78 is 9.36. The van der Waals surface area contributed by atoms with Crippen molar-refractivity contribution in [2.75, 3.05) is 4.90 Å². The smallest absolute Gasteiger partial charge is 0.134 e. The van der Waals surface area contributed by atoms with Gasteiger partial charge in [-0.3, -0.25) is 0 Å². The van der Waals surface area contributed by atoms with Crippen molar-refractivity contribution in [1.29, 1.82) is 0 Å². The van der Waals surface area contributed by atoms with E-state index in [1.807, 2.05) is 0 Å². The molecular formula is C43H28N2O. The monoisotopic (exact) mass is 588 g/mol. The molecule has 0 radical (unpaired) electrons. The SMILES string of the molecule is c1ccc(N(c2ccccc2)c2ccc3c(c2)Oc2ccccc2C32c3ccccc3-n3c4ccccc4c4cccc2c43)cc1. The van der Waals surface area contributed by atoms with Gasteiger partial charge < -0.3 is 14.2 Å². The lowest BCUT2D eigenvalue weighted by molar-refractivity contribution is 0.434. The van der Waals surface area contributed by atoms with E-state index in [4.69, 9.17) is 4.74 Å². The number of anilines is 3. The highest BCUT2D eigenvalue weighted by molar-refractivity contribution is 6.12. The van der Waals surface area contributed by atoms with E-state index in [9.17, 15) is 0 Å². The standard InChI is InChI=1S/C43H28N2O/c1-3-14-29(15-4-1)44(30-16-5-2-6-17-30)31-26-27-36-41(28-31)46-40-25-12-9-21-35(40)43(36)34-20-8-11-24-39(34)45-38-23-10-7-18-32(38)33-19-13-22-37(43)42(33)45/h1-28H. The number of para-hydroxylation sites is 6. The van der Waals surface area contributed by atoms with Crippen LogP contribution in [0.3, 0.4) is 0 Å². The molecule has 8 aromatic rings. The average molecular weight is 589 g/mol. The second-order valence-corrected chi connectivity index (χ2v) is 12.1. The molecule has 3 heterocycles. The number of nitrogens with zero attached hydrogens (tertiary/aromatic N) is 2. The van der Waals surface area contributed by atoms with Crippen LogP contribution >= 0.6 is 0 Å². The van der Waals surface area contributed by atoms with Gasteiger partial charge in [0.05, 0.1) is 22.1 Å². The van der Waals surface area contributed by atoms with E-state index < -0.39 is 5.41 Å². The molecular weight excluding hydrogens is 560 g/mol. The van der Waals surface area contributed by atoms with Gasteiger partial charge in [0, 0.05) is 45.0 Å². The molecule has 0 amide bonds. The minimum absolute atomic E-state index is 0.576. The normalized spacial score (nSPS) is 15.7. The van der Waals surface area contributed by atoms with Crippen LogP contribution < -0.4 is 9.64 Å². The van der Waals surface area contributed by atoms with Crippen molar-refractivity contribution < 1.29 is 4.74 Å². The van der Waals surface area contributed by atoms with Crippen molar-refractivity contribution in [3.8, 4) is 17.2 Å². The van der Waals surface area contributed by atoms with Gasteiger partial charge in [0.15, 0.2) is 0 Å². The van der Waals surface area contributed by atoms with Crippen molar-refractivity contribution >= 4 is 38.9 Å². The summed E-state index contributed by atoms with van der Waals surface area (Å²) in [4.78, 5) is 2.30. The van der Waals surface area contributed by atoms with Crippen LogP contribution in [0.25, 0.3) is 27.5 Å². The fraction of sp³-hybridized carbons (Fsp3) is 0.0233. The maximum absolute atomic E-state index is 6.89. The average Bonchev–Trinajstić information content (AvgIpc) is 3.46. The molecule has 0 saturated heterocycles. The second kappa shape index (κ2) is 9.47. The van der Waals surface area contributed by atoms with E-state index in [2.05, 4.69) is 179 Å². The van der Waals surface area contributed by atoms with E-state index in [0.717, 1.165) is 39.7 Å². The predicted octanol–water partition coefficient (Wildman–Crippen LogP) is 11.1. The molecule has 3 nitrogen and oxygen atoms in total. The van der Waals surface area contributed by atoms with Crippen LogP contribution in [-0.4, -0.2) is 4.57 Å². The van der Waals surface area contributed by atoms with Crippen molar-refractivity contribution in [3.63, 3.8) is 0 Å². The van der Waals surface area contributed by atoms with Gasteiger partial charge in [-0.25, -0.2) is 0 Å². The fourth-order valence-corrected chi connectivity index (χ4v) is 8.06. The number of hydrogen-bond donors (Lipinski definition) is 0. The molecule has 216 valence electrons. The molecule has 0 aliphatic carbocycles. The first kappa shape index (κ1) is 25.3. The molecule has 46 heavy (non-hydrogen) atoms. The Labute approximate surface area is 267 Å². The van der Waals surface area contributed by atoms with Gasteiger partial charge >= 0.3 is 0 Å². The van der Waals surface area contributed by atoms with Gasteiger partial charge in [-0.05, 0) is 59.7 Å². The highest BCUT2D eigenvalue weighted by atomic mass is 16.5. The first-order valence-corrected chi connectivity index (χ1v) is 15.8. The van der Waals surface area contributed by atoms with Crippen LogP contribution in [0.15, 0.2) is 170 Å². The zero-order valence-corrected chi connectivity index (χ0v) is 25.0. The first-order valence-electron chi connectivity index (χ1n) is 15.8. The third-order valence-corrected chi connectivity index (χ3v) is 9.81. The van der Waals surface area contributed by atoms with E-state index in [-0.39, 0.29) is 0 Å². The number of benzene rings is 7. The van der Waals surface area contributed by atoms with Gasteiger partial charge in [-0.1, -0.05) is 115 Å². The minimum atomic E-state index is -0.576. The number of aromatic nitrogens is 1. The zero-order chi connectivity index (χ0) is 30.2. The Kier molecular flexibility index (Phi) is 5.20. The Morgan fingerprint density at radius 3 is 1.85 bits per heavy atom. The van der Waals surface area contributed by atoms with Crippen LogP contribution in [-0.2, 0) is 5.41 Å². The molecule has 0 saturated carbocycles. The summed E-state index contributed by atoms with van der Waals surface area (Å²) in [6.45, 7) is 0. The number of hydrogen-bond acceptors (Lipinski definition) is 2. The third kappa shape index (κ3) is 3.26. The van der Waals surface area contributed by atoms with Crippen molar-refractivity contribution in [2.45, 2.75) is 5.41 Å². The predicted molar refractivity (Wildman–Crippen MR) is 187 cm³/mol. The molecule has 7 aromatic carbocycles. The van der Waals surface area contributed by atoms with E-state index >= 15 is 0 Å². The quantitative estimate of drug-likeness (QED) is 0.204. The summed E-state index contributed by atoms with van der Waals surface area (Å²) in [6, 6.07) is 61.0. The molecule has 10 rings (SSSR count). The maximum Gasteiger partial charge on any atom is 0.134 e. The van der Waals surface area contributed by atoms with Crippen LogP contribution in [0.5, 0.6) is 11.5 Å². The molecule has 0 bridgehead atoms. The van der Waals surface area contributed by atoms with Gasteiger partial charge in [0.25, 0.3) is 0 Å². The Balaban J connectivity index is 1.31. The highest BCUT2D eigenvalue weighted by Gasteiger charge is 2.50. The summed E-state index contributed by atoms with van der Waals surface area (Å²) >= 11 is 0. The molecule has 0 N–H and O–H groups in total. The van der Waals surface area contributed by atoms with Crippen molar-refractivity contribution in [3.05, 3.63) is 192 Å². The zero-order valence-electron chi connectivity index (χ0n) is 25.0.